The van der Waals surface area contributed by atoms with Gasteiger partial charge in [-0.25, -0.2) is 0 Å². The molecule has 0 fully saturated rings. The van der Waals surface area contributed by atoms with E-state index in [9.17, 15) is 0 Å². The van der Waals surface area contributed by atoms with Gasteiger partial charge in [0.25, 0.3) is 0 Å². The minimum atomic E-state index is 0.150. The molecule has 0 amide bonds. The van der Waals surface area contributed by atoms with Gasteiger partial charge < -0.3 is 11.1 Å². The molecule has 2 nitrogen and oxygen atoms in total. The van der Waals surface area contributed by atoms with Gasteiger partial charge in [-0.1, -0.05) is 96.8 Å². The first-order valence-corrected chi connectivity index (χ1v) is 9.76. The molecule has 0 aromatic carbocycles. The van der Waals surface area contributed by atoms with Gasteiger partial charge in [-0.05, 0) is 19.9 Å². The van der Waals surface area contributed by atoms with Crippen molar-refractivity contribution >= 4 is 0 Å². The van der Waals surface area contributed by atoms with Crippen LogP contribution in [0.15, 0.2) is 0 Å². The van der Waals surface area contributed by atoms with Crippen molar-refractivity contribution in [2.24, 2.45) is 5.73 Å². The van der Waals surface area contributed by atoms with Crippen LogP contribution in [0.1, 0.15) is 110 Å². The molecule has 2 heteroatoms. The van der Waals surface area contributed by atoms with Crippen molar-refractivity contribution in [2.75, 3.05) is 6.54 Å². The highest BCUT2D eigenvalue weighted by atomic mass is 15.0. The van der Waals surface area contributed by atoms with Crippen LogP contribution >= 0.6 is 0 Å². The van der Waals surface area contributed by atoms with E-state index in [0.29, 0.717) is 0 Å². The molecule has 0 spiro atoms. The van der Waals surface area contributed by atoms with E-state index in [1.54, 1.807) is 0 Å². The minimum Gasteiger partial charge on any atom is -0.316 e. The molecule has 0 aromatic rings. The molecule has 0 saturated heterocycles. The summed E-state index contributed by atoms with van der Waals surface area (Å²) in [6.07, 6.45) is 21.5. The van der Waals surface area contributed by atoms with Crippen molar-refractivity contribution in [3.63, 3.8) is 0 Å². The molecular formula is C19H42N2. The minimum absolute atomic E-state index is 0.150. The van der Waals surface area contributed by atoms with E-state index in [4.69, 9.17) is 5.73 Å². The second-order valence-corrected chi connectivity index (χ2v) is 6.69. The highest BCUT2D eigenvalue weighted by molar-refractivity contribution is 4.53. The van der Waals surface area contributed by atoms with Crippen molar-refractivity contribution in [3.05, 3.63) is 0 Å². The Labute approximate surface area is 134 Å². The molecule has 0 aliphatic rings. The highest BCUT2D eigenvalue weighted by Crippen LogP contribution is 2.13. The predicted octanol–water partition coefficient (Wildman–Crippen LogP) is 5.75. The standard InChI is InChI=1S/C19H42N2/c1-3-4-5-6-7-8-9-10-11-12-13-14-15-16-17-18-21-19(2)20/h19,21H,3-18,20H2,1-2H3. The van der Waals surface area contributed by atoms with Crippen molar-refractivity contribution in [2.45, 2.75) is 116 Å². The molecule has 1 atom stereocenters. The summed E-state index contributed by atoms with van der Waals surface area (Å²) in [6, 6.07) is 0. The van der Waals surface area contributed by atoms with Crippen LogP contribution in [-0.4, -0.2) is 12.7 Å². The van der Waals surface area contributed by atoms with Crippen LogP contribution in [0.3, 0.4) is 0 Å². The maximum absolute atomic E-state index is 5.64. The van der Waals surface area contributed by atoms with Crippen LogP contribution in [0.2, 0.25) is 0 Å². The molecule has 0 bridgehead atoms. The molecule has 21 heavy (non-hydrogen) atoms. The number of hydrogen-bond acceptors (Lipinski definition) is 2. The second-order valence-electron chi connectivity index (χ2n) is 6.69. The van der Waals surface area contributed by atoms with Gasteiger partial charge in [-0.2, -0.15) is 0 Å². The zero-order valence-electron chi connectivity index (χ0n) is 15.0. The molecule has 3 N–H and O–H groups in total. The first-order valence-electron chi connectivity index (χ1n) is 9.76. The van der Waals surface area contributed by atoms with E-state index < -0.39 is 0 Å². The Kier molecular flexibility index (Phi) is 17.9. The van der Waals surface area contributed by atoms with Gasteiger partial charge in [0.05, 0.1) is 6.17 Å². The van der Waals surface area contributed by atoms with Crippen LogP contribution in [0, 0.1) is 0 Å². The van der Waals surface area contributed by atoms with Crippen molar-refractivity contribution in [1.82, 2.24) is 5.32 Å². The molecule has 0 heterocycles. The molecule has 0 aliphatic heterocycles. The zero-order valence-corrected chi connectivity index (χ0v) is 15.0. The van der Waals surface area contributed by atoms with Crippen LogP contribution in [-0.2, 0) is 0 Å². The van der Waals surface area contributed by atoms with Crippen molar-refractivity contribution in [3.8, 4) is 0 Å². The third-order valence-electron chi connectivity index (χ3n) is 4.25. The fourth-order valence-corrected chi connectivity index (χ4v) is 2.83. The lowest BCUT2D eigenvalue weighted by Gasteiger charge is -2.07. The van der Waals surface area contributed by atoms with E-state index in [2.05, 4.69) is 12.2 Å². The Morgan fingerprint density at radius 3 is 1.29 bits per heavy atom. The summed E-state index contributed by atoms with van der Waals surface area (Å²) in [5, 5.41) is 3.27. The fourth-order valence-electron chi connectivity index (χ4n) is 2.83. The maximum Gasteiger partial charge on any atom is 0.0517 e. The van der Waals surface area contributed by atoms with Crippen LogP contribution in [0.25, 0.3) is 0 Å². The lowest BCUT2D eigenvalue weighted by atomic mass is 10.0. The molecule has 1 unspecified atom stereocenters. The maximum atomic E-state index is 5.64. The quantitative estimate of drug-likeness (QED) is 0.265. The van der Waals surface area contributed by atoms with Gasteiger partial charge in [0.2, 0.25) is 0 Å². The summed E-state index contributed by atoms with van der Waals surface area (Å²) in [4.78, 5) is 0. The van der Waals surface area contributed by atoms with Gasteiger partial charge >= 0.3 is 0 Å². The molecule has 0 rings (SSSR count). The monoisotopic (exact) mass is 298 g/mol. The lowest BCUT2D eigenvalue weighted by Crippen LogP contribution is -2.34. The predicted molar refractivity (Wildman–Crippen MR) is 96.6 cm³/mol. The normalized spacial score (nSPS) is 12.7. The zero-order chi connectivity index (χ0) is 15.6. The highest BCUT2D eigenvalue weighted by Gasteiger charge is 1.95. The topological polar surface area (TPSA) is 38.0 Å². The number of rotatable bonds is 17. The summed E-state index contributed by atoms with van der Waals surface area (Å²) >= 11 is 0. The molecular weight excluding hydrogens is 256 g/mol. The Balaban J connectivity index is 2.93. The van der Waals surface area contributed by atoms with Crippen molar-refractivity contribution in [1.29, 1.82) is 0 Å². The van der Waals surface area contributed by atoms with Crippen LogP contribution in [0.4, 0.5) is 0 Å². The molecule has 0 aromatic heterocycles. The first-order chi connectivity index (χ1) is 10.3. The van der Waals surface area contributed by atoms with E-state index in [0.717, 1.165) is 6.54 Å². The second kappa shape index (κ2) is 18.0. The fraction of sp³-hybridized carbons (Fsp3) is 1.00. The summed E-state index contributed by atoms with van der Waals surface area (Å²) in [6.45, 7) is 5.37. The van der Waals surface area contributed by atoms with Gasteiger partial charge in [0.1, 0.15) is 0 Å². The third kappa shape index (κ3) is 19.9. The van der Waals surface area contributed by atoms with Gasteiger partial charge in [-0.3, -0.25) is 0 Å². The SMILES string of the molecule is CCCCCCCCCCCCCCCCCNC(C)N. The Hall–Kier alpha value is -0.0800. The number of unbranched alkanes of at least 4 members (excludes halogenated alkanes) is 14. The summed E-state index contributed by atoms with van der Waals surface area (Å²) < 4.78 is 0. The molecule has 0 radical (unpaired) electrons. The van der Waals surface area contributed by atoms with E-state index in [1.165, 1.54) is 96.3 Å². The number of nitrogens with two attached hydrogens (primary N) is 1. The summed E-state index contributed by atoms with van der Waals surface area (Å²) in [7, 11) is 0. The van der Waals surface area contributed by atoms with E-state index in [1.807, 2.05) is 6.92 Å². The molecule has 0 saturated carbocycles. The van der Waals surface area contributed by atoms with E-state index in [-0.39, 0.29) is 6.17 Å². The lowest BCUT2D eigenvalue weighted by molar-refractivity contribution is 0.511. The third-order valence-corrected chi connectivity index (χ3v) is 4.25. The summed E-state index contributed by atoms with van der Waals surface area (Å²) in [5.74, 6) is 0. The van der Waals surface area contributed by atoms with Crippen molar-refractivity contribution < 1.29 is 0 Å². The first kappa shape index (κ1) is 20.9. The average Bonchev–Trinajstić information content (AvgIpc) is 2.46. The Bertz CT molecular complexity index is 180. The van der Waals surface area contributed by atoms with Gasteiger partial charge in [0.15, 0.2) is 0 Å². The Morgan fingerprint density at radius 2 is 0.952 bits per heavy atom. The van der Waals surface area contributed by atoms with Crippen LogP contribution < -0.4 is 11.1 Å². The molecule has 128 valence electrons. The average molecular weight is 299 g/mol. The largest absolute Gasteiger partial charge is 0.316 e. The smallest absolute Gasteiger partial charge is 0.0517 e. The Morgan fingerprint density at radius 1 is 0.619 bits per heavy atom. The van der Waals surface area contributed by atoms with Crippen LogP contribution in [0.5, 0.6) is 0 Å². The van der Waals surface area contributed by atoms with E-state index >= 15 is 0 Å². The van der Waals surface area contributed by atoms with Gasteiger partial charge in [-0.15, -0.1) is 0 Å². The summed E-state index contributed by atoms with van der Waals surface area (Å²) in [5.41, 5.74) is 5.64. The number of hydrogen-bond donors (Lipinski definition) is 2. The van der Waals surface area contributed by atoms with Gasteiger partial charge in [0, 0.05) is 0 Å². The number of nitrogens with one attached hydrogen (secondary N) is 1. The molecule has 0 aliphatic carbocycles.